The molecule has 0 bridgehead atoms. The predicted molar refractivity (Wildman–Crippen MR) is 128 cm³/mol. The summed E-state index contributed by atoms with van der Waals surface area (Å²) in [6.45, 7) is 7.31. The van der Waals surface area contributed by atoms with E-state index in [1.165, 1.54) is 6.26 Å². The summed E-state index contributed by atoms with van der Waals surface area (Å²) >= 11 is 0. The van der Waals surface area contributed by atoms with Crippen molar-refractivity contribution in [3.8, 4) is 11.5 Å². The summed E-state index contributed by atoms with van der Waals surface area (Å²) in [7, 11) is 0. The standard InChI is InChI=1S/C24H31N7O4/c1-3-30(20-6-10-34-11-7-20)31-22-17(14-26-31)12-18(13-25-22)24-28-21(15-35-24)23(33)27-19-4-8-29(9-5-19)16(2)32/h12-15,19-20H,3-11H2,1-2H3,(H,27,33). The van der Waals surface area contributed by atoms with Gasteiger partial charge in [-0.1, -0.05) is 0 Å². The van der Waals surface area contributed by atoms with Crippen molar-refractivity contribution < 1.29 is 18.7 Å². The molecule has 2 fully saturated rings. The highest BCUT2D eigenvalue weighted by molar-refractivity contribution is 5.92. The Morgan fingerprint density at radius 3 is 2.66 bits per heavy atom. The Morgan fingerprint density at radius 1 is 1.17 bits per heavy atom. The van der Waals surface area contributed by atoms with Crippen molar-refractivity contribution in [2.75, 3.05) is 37.9 Å². The van der Waals surface area contributed by atoms with Gasteiger partial charge in [0.1, 0.15) is 6.26 Å². The van der Waals surface area contributed by atoms with Gasteiger partial charge in [-0.25, -0.2) is 9.97 Å². The van der Waals surface area contributed by atoms with Gasteiger partial charge in [0.25, 0.3) is 5.91 Å². The highest BCUT2D eigenvalue weighted by atomic mass is 16.5. The fraction of sp³-hybridized carbons (Fsp3) is 0.542. The molecule has 5 rings (SSSR count). The fourth-order valence-corrected chi connectivity index (χ4v) is 4.85. The molecule has 0 atom stereocenters. The number of oxazole rings is 1. The highest BCUT2D eigenvalue weighted by Gasteiger charge is 2.25. The molecule has 2 saturated heterocycles. The minimum Gasteiger partial charge on any atom is -0.444 e. The number of fused-ring (bicyclic) bond motifs is 1. The number of nitrogens with zero attached hydrogens (tertiary/aromatic N) is 6. The molecular formula is C24H31N7O4. The van der Waals surface area contributed by atoms with Crippen molar-refractivity contribution in [1.82, 2.24) is 30.1 Å². The lowest BCUT2D eigenvalue weighted by Crippen LogP contribution is -2.47. The Bertz CT molecular complexity index is 1190. The van der Waals surface area contributed by atoms with Crippen LogP contribution in [0.4, 0.5) is 0 Å². The van der Waals surface area contributed by atoms with Gasteiger partial charge >= 0.3 is 0 Å². The zero-order valence-corrected chi connectivity index (χ0v) is 20.1. The summed E-state index contributed by atoms with van der Waals surface area (Å²) in [6.07, 6.45) is 8.23. The van der Waals surface area contributed by atoms with E-state index in [1.807, 2.05) is 10.9 Å². The maximum atomic E-state index is 12.7. The smallest absolute Gasteiger partial charge is 0.273 e. The largest absolute Gasteiger partial charge is 0.444 e. The zero-order valence-electron chi connectivity index (χ0n) is 20.1. The van der Waals surface area contributed by atoms with Crippen molar-refractivity contribution in [1.29, 1.82) is 0 Å². The molecule has 3 aromatic rings. The molecule has 0 saturated carbocycles. The first-order valence-corrected chi connectivity index (χ1v) is 12.2. The lowest BCUT2D eigenvalue weighted by atomic mass is 10.0. The van der Waals surface area contributed by atoms with E-state index < -0.39 is 0 Å². The number of carbonyl (C=O) groups excluding carboxylic acids is 2. The Kier molecular flexibility index (Phi) is 6.67. The van der Waals surface area contributed by atoms with Crippen LogP contribution in [0, 0.1) is 0 Å². The van der Waals surface area contributed by atoms with Crippen LogP contribution in [0.3, 0.4) is 0 Å². The number of aromatic nitrogens is 4. The third-order valence-corrected chi connectivity index (χ3v) is 6.83. The van der Waals surface area contributed by atoms with Gasteiger partial charge in [-0.15, -0.1) is 0 Å². The molecule has 11 nitrogen and oxygen atoms in total. The lowest BCUT2D eigenvalue weighted by molar-refractivity contribution is -0.129. The van der Waals surface area contributed by atoms with E-state index in [-0.39, 0.29) is 23.6 Å². The number of likely N-dealkylation sites (tertiary alicyclic amines) is 1. The average molecular weight is 482 g/mol. The summed E-state index contributed by atoms with van der Waals surface area (Å²) in [5.41, 5.74) is 1.67. The molecule has 2 aliphatic heterocycles. The van der Waals surface area contributed by atoms with Gasteiger partial charge in [0.15, 0.2) is 11.3 Å². The van der Waals surface area contributed by atoms with Gasteiger partial charge in [-0.3, -0.25) is 14.6 Å². The zero-order chi connectivity index (χ0) is 24.4. The molecule has 0 radical (unpaired) electrons. The lowest BCUT2D eigenvalue weighted by Gasteiger charge is -2.34. The van der Waals surface area contributed by atoms with Gasteiger partial charge in [-0.05, 0) is 38.7 Å². The molecule has 11 heteroatoms. The van der Waals surface area contributed by atoms with E-state index in [2.05, 4.69) is 32.3 Å². The minimum atomic E-state index is -0.279. The first-order valence-electron chi connectivity index (χ1n) is 12.2. The van der Waals surface area contributed by atoms with Crippen LogP contribution in [-0.4, -0.2) is 81.5 Å². The Balaban J connectivity index is 1.28. The van der Waals surface area contributed by atoms with Crippen molar-refractivity contribution >= 4 is 22.8 Å². The van der Waals surface area contributed by atoms with Gasteiger partial charge < -0.3 is 19.4 Å². The number of amides is 2. The Morgan fingerprint density at radius 2 is 1.94 bits per heavy atom. The van der Waals surface area contributed by atoms with E-state index in [0.717, 1.165) is 56.5 Å². The van der Waals surface area contributed by atoms with Crippen LogP contribution in [0.25, 0.3) is 22.5 Å². The van der Waals surface area contributed by atoms with E-state index >= 15 is 0 Å². The molecule has 0 aromatic carbocycles. The van der Waals surface area contributed by atoms with Crippen LogP contribution >= 0.6 is 0 Å². The van der Waals surface area contributed by atoms with Crippen LogP contribution in [0.15, 0.2) is 29.1 Å². The fourth-order valence-electron chi connectivity index (χ4n) is 4.85. The van der Waals surface area contributed by atoms with Crippen LogP contribution in [0.5, 0.6) is 0 Å². The maximum absolute atomic E-state index is 12.7. The molecule has 0 spiro atoms. The highest BCUT2D eigenvalue weighted by Crippen LogP contribution is 2.24. The molecule has 1 N–H and O–H groups in total. The molecule has 2 amide bonds. The molecular weight excluding hydrogens is 450 g/mol. The van der Waals surface area contributed by atoms with Gasteiger partial charge in [0, 0.05) is 57.4 Å². The van der Waals surface area contributed by atoms with Crippen LogP contribution in [-0.2, 0) is 9.53 Å². The van der Waals surface area contributed by atoms with E-state index in [0.29, 0.717) is 30.6 Å². The summed E-state index contributed by atoms with van der Waals surface area (Å²) in [5, 5.41) is 10.7. The molecule has 186 valence electrons. The second-order valence-electron chi connectivity index (χ2n) is 9.06. The SMILES string of the molecule is CCN(C1CCOCC1)n1ncc2cc(-c3nc(C(=O)NC4CCN(C(C)=O)CC4)co3)cnc21. The number of piperidine rings is 1. The molecule has 5 heterocycles. The first kappa shape index (κ1) is 23.3. The number of nitrogens with one attached hydrogen (secondary N) is 1. The summed E-state index contributed by atoms with van der Waals surface area (Å²) in [4.78, 5) is 36.9. The number of hydrogen-bond acceptors (Lipinski definition) is 8. The average Bonchev–Trinajstić information content (AvgIpc) is 3.53. The molecule has 2 aliphatic rings. The van der Waals surface area contributed by atoms with Gasteiger partial charge in [-0.2, -0.15) is 9.89 Å². The predicted octanol–water partition coefficient (Wildman–Crippen LogP) is 1.96. The number of ether oxygens (including phenoxy) is 1. The van der Waals surface area contributed by atoms with Crippen LogP contribution < -0.4 is 10.3 Å². The van der Waals surface area contributed by atoms with Crippen molar-refractivity contribution in [3.05, 3.63) is 30.4 Å². The van der Waals surface area contributed by atoms with Crippen molar-refractivity contribution in [2.24, 2.45) is 0 Å². The normalized spacial score (nSPS) is 17.6. The molecule has 0 unspecified atom stereocenters. The third-order valence-electron chi connectivity index (χ3n) is 6.83. The summed E-state index contributed by atoms with van der Waals surface area (Å²) in [5.74, 6) is 0.122. The second-order valence-corrected chi connectivity index (χ2v) is 9.06. The number of hydrogen-bond donors (Lipinski definition) is 1. The summed E-state index contributed by atoms with van der Waals surface area (Å²) < 4.78 is 11.1. The van der Waals surface area contributed by atoms with Crippen LogP contribution in [0.2, 0.25) is 0 Å². The van der Waals surface area contributed by atoms with Crippen molar-refractivity contribution in [3.63, 3.8) is 0 Å². The van der Waals surface area contributed by atoms with Crippen molar-refractivity contribution in [2.45, 2.75) is 51.6 Å². The quantitative estimate of drug-likeness (QED) is 0.568. The number of pyridine rings is 1. The van der Waals surface area contributed by atoms with E-state index in [9.17, 15) is 9.59 Å². The minimum absolute atomic E-state index is 0.0133. The van der Waals surface area contributed by atoms with E-state index in [1.54, 1.807) is 24.2 Å². The topological polar surface area (TPSA) is 119 Å². The summed E-state index contributed by atoms with van der Waals surface area (Å²) in [6, 6.07) is 2.30. The Hall–Kier alpha value is -3.47. The van der Waals surface area contributed by atoms with Gasteiger partial charge in [0.2, 0.25) is 11.8 Å². The third kappa shape index (κ3) is 4.86. The van der Waals surface area contributed by atoms with Crippen LogP contribution in [0.1, 0.15) is 50.0 Å². The van der Waals surface area contributed by atoms with Gasteiger partial charge in [0.05, 0.1) is 17.8 Å². The molecule has 0 aliphatic carbocycles. The Labute approximate surface area is 203 Å². The first-order chi connectivity index (χ1) is 17.0. The monoisotopic (exact) mass is 481 g/mol. The molecule has 35 heavy (non-hydrogen) atoms. The number of rotatable bonds is 6. The maximum Gasteiger partial charge on any atom is 0.273 e. The molecule has 3 aromatic heterocycles. The number of carbonyl (C=O) groups is 2. The second kappa shape index (κ2) is 10.0. The van der Waals surface area contributed by atoms with E-state index in [4.69, 9.17) is 9.15 Å².